The fourth-order valence-electron chi connectivity index (χ4n) is 1.71. The molecule has 0 nitrogen and oxygen atoms in total. The summed E-state index contributed by atoms with van der Waals surface area (Å²) >= 11 is 2.97. The van der Waals surface area contributed by atoms with Crippen LogP contribution in [-0.4, -0.2) is 0 Å². The van der Waals surface area contributed by atoms with Crippen molar-refractivity contribution >= 4 is 15.9 Å². The van der Waals surface area contributed by atoms with Crippen molar-refractivity contribution in [3.8, 4) is 11.1 Å². The van der Waals surface area contributed by atoms with E-state index in [2.05, 4.69) is 15.9 Å². The second-order valence-corrected chi connectivity index (χ2v) is 4.68. The first-order valence-electron chi connectivity index (χ1n) is 5.44. The summed E-state index contributed by atoms with van der Waals surface area (Å²) in [5.74, 6) is -3.01. The summed E-state index contributed by atoms with van der Waals surface area (Å²) in [4.78, 5) is 0. The Morgan fingerprint density at radius 1 is 0.789 bits per heavy atom. The minimum atomic E-state index is -0.756. The summed E-state index contributed by atoms with van der Waals surface area (Å²) in [6, 6.07) is 4.23. The summed E-state index contributed by atoms with van der Waals surface area (Å²) in [6.45, 7) is 1.30. The van der Waals surface area contributed by atoms with Crippen molar-refractivity contribution in [2.45, 2.75) is 12.3 Å². The van der Waals surface area contributed by atoms with Crippen LogP contribution in [0, 0.1) is 30.2 Å². The van der Waals surface area contributed by atoms with Crippen LogP contribution in [0.4, 0.5) is 17.6 Å². The summed E-state index contributed by atoms with van der Waals surface area (Å²) in [7, 11) is 0. The average molecular weight is 333 g/mol. The molecule has 0 atom stereocenters. The molecule has 2 aromatic carbocycles. The van der Waals surface area contributed by atoms with E-state index in [0.717, 1.165) is 24.3 Å². The van der Waals surface area contributed by atoms with Crippen LogP contribution >= 0.6 is 15.9 Å². The zero-order valence-electron chi connectivity index (χ0n) is 9.91. The first-order valence-corrected chi connectivity index (χ1v) is 6.56. The number of benzene rings is 2. The lowest BCUT2D eigenvalue weighted by molar-refractivity contribution is 0.564. The van der Waals surface area contributed by atoms with E-state index in [1.807, 2.05) is 0 Å². The summed E-state index contributed by atoms with van der Waals surface area (Å²) in [6.07, 6.45) is 0. The van der Waals surface area contributed by atoms with Crippen LogP contribution in [0.5, 0.6) is 0 Å². The van der Waals surface area contributed by atoms with Gasteiger partial charge >= 0.3 is 0 Å². The molecule has 0 aliphatic carbocycles. The third-order valence-electron chi connectivity index (χ3n) is 2.89. The predicted molar refractivity (Wildman–Crippen MR) is 69.1 cm³/mol. The quantitative estimate of drug-likeness (QED) is 0.529. The summed E-state index contributed by atoms with van der Waals surface area (Å²) < 4.78 is 54.1. The average Bonchev–Trinajstić information content (AvgIpc) is 2.35. The van der Waals surface area contributed by atoms with Crippen molar-refractivity contribution in [3.05, 3.63) is 58.7 Å². The molecule has 0 amide bonds. The molecule has 0 fully saturated rings. The summed E-state index contributed by atoms with van der Waals surface area (Å²) in [5.41, 5.74) is -0.0457. The highest BCUT2D eigenvalue weighted by atomic mass is 79.9. The molecule has 0 aliphatic rings. The van der Waals surface area contributed by atoms with Crippen LogP contribution in [0.3, 0.4) is 0 Å². The SMILES string of the molecule is Cc1c(F)cc(-c2cc(F)c(CBr)c(F)c2)cc1F. The molecule has 0 aromatic heterocycles. The van der Waals surface area contributed by atoms with Crippen molar-refractivity contribution in [3.63, 3.8) is 0 Å². The molecule has 2 rings (SSSR count). The Hall–Kier alpha value is -1.36. The van der Waals surface area contributed by atoms with Crippen LogP contribution in [0.25, 0.3) is 11.1 Å². The van der Waals surface area contributed by atoms with E-state index in [0.29, 0.717) is 0 Å². The lowest BCUT2D eigenvalue weighted by atomic mass is 10.0. The lowest BCUT2D eigenvalue weighted by Gasteiger charge is -2.08. The lowest BCUT2D eigenvalue weighted by Crippen LogP contribution is -1.95. The van der Waals surface area contributed by atoms with Gasteiger partial charge in [-0.1, -0.05) is 15.9 Å². The van der Waals surface area contributed by atoms with Crippen molar-refractivity contribution in [2.75, 3.05) is 0 Å². The molecule has 0 saturated heterocycles. The first kappa shape index (κ1) is 14.1. The van der Waals surface area contributed by atoms with E-state index in [1.165, 1.54) is 6.92 Å². The van der Waals surface area contributed by atoms with Crippen LogP contribution in [-0.2, 0) is 5.33 Å². The Balaban J connectivity index is 2.60. The van der Waals surface area contributed by atoms with E-state index >= 15 is 0 Å². The number of rotatable bonds is 2. The van der Waals surface area contributed by atoms with Crippen molar-refractivity contribution in [1.82, 2.24) is 0 Å². The standard InChI is InChI=1S/C14H9BrF4/c1-7-11(16)2-8(3-12(7)17)9-4-13(18)10(6-15)14(19)5-9/h2-5H,6H2,1H3. The fraction of sp³-hybridized carbons (Fsp3) is 0.143. The van der Waals surface area contributed by atoms with Crippen molar-refractivity contribution < 1.29 is 17.6 Å². The molecule has 0 N–H and O–H groups in total. The van der Waals surface area contributed by atoms with Gasteiger partial charge in [0.1, 0.15) is 23.3 Å². The molecular formula is C14H9BrF4. The number of alkyl halides is 1. The van der Waals surface area contributed by atoms with Crippen LogP contribution in [0.2, 0.25) is 0 Å². The molecule has 0 saturated carbocycles. The fourth-order valence-corrected chi connectivity index (χ4v) is 2.24. The highest BCUT2D eigenvalue weighted by Gasteiger charge is 2.13. The second-order valence-electron chi connectivity index (χ2n) is 4.12. The van der Waals surface area contributed by atoms with Gasteiger partial charge in [-0.3, -0.25) is 0 Å². The molecule has 0 radical (unpaired) electrons. The third-order valence-corrected chi connectivity index (χ3v) is 3.45. The van der Waals surface area contributed by atoms with Gasteiger partial charge in [0.2, 0.25) is 0 Å². The van der Waals surface area contributed by atoms with Crippen molar-refractivity contribution in [1.29, 1.82) is 0 Å². The molecule has 5 heteroatoms. The van der Waals surface area contributed by atoms with Gasteiger partial charge < -0.3 is 0 Å². The Kier molecular flexibility index (Phi) is 3.94. The predicted octanol–water partition coefficient (Wildman–Crippen LogP) is 5.11. The Bertz CT molecular complexity index is 591. The Labute approximate surface area is 116 Å². The molecular weight excluding hydrogens is 324 g/mol. The van der Waals surface area contributed by atoms with Crippen LogP contribution in [0.15, 0.2) is 24.3 Å². The van der Waals surface area contributed by atoms with Gasteiger partial charge in [0.15, 0.2) is 0 Å². The normalized spacial score (nSPS) is 10.8. The number of hydrogen-bond donors (Lipinski definition) is 0. The molecule has 2 aromatic rings. The zero-order chi connectivity index (χ0) is 14.2. The molecule has 19 heavy (non-hydrogen) atoms. The van der Waals surface area contributed by atoms with Gasteiger partial charge in [0.25, 0.3) is 0 Å². The van der Waals surface area contributed by atoms with E-state index in [-0.39, 0.29) is 27.6 Å². The van der Waals surface area contributed by atoms with E-state index < -0.39 is 23.3 Å². The Morgan fingerprint density at radius 2 is 1.16 bits per heavy atom. The van der Waals surface area contributed by atoms with E-state index in [4.69, 9.17) is 0 Å². The molecule has 100 valence electrons. The molecule has 0 unspecified atom stereocenters. The molecule has 0 bridgehead atoms. The summed E-state index contributed by atoms with van der Waals surface area (Å²) in [5, 5.41) is 0.0293. The van der Waals surface area contributed by atoms with Crippen molar-refractivity contribution in [2.24, 2.45) is 0 Å². The molecule has 0 spiro atoms. The number of halogens is 5. The van der Waals surface area contributed by atoms with Gasteiger partial charge in [0.05, 0.1) is 0 Å². The maximum Gasteiger partial charge on any atom is 0.130 e. The zero-order valence-corrected chi connectivity index (χ0v) is 11.5. The highest BCUT2D eigenvalue weighted by Crippen LogP contribution is 2.28. The maximum absolute atomic E-state index is 13.6. The van der Waals surface area contributed by atoms with Crippen LogP contribution in [0.1, 0.15) is 11.1 Å². The first-order chi connectivity index (χ1) is 8.93. The van der Waals surface area contributed by atoms with Gasteiger partial charge in [-0.25, -0.2) is 17.6 Å². The van der Waals surface area contributed by atoms with Gasteiger partial charge in [-0.15, -0.1) is 0 Å². The van der Waals surface area contributed by atoms with Gasteiger partial charge in [-0.2, -0.15) is 0 Å². The molecule has 0 aliphatic heterocycles. The second kappa shape index (κ2) is 5.33. The van der Waals surface area contributed by atoms with Gasteiger partial charge in [0, 0.05) is 16.5 Å². The van der Waals surface area contributed by atoms with Crippen LogP contribution < -0.4 is 0 Å². The maximum atomic E-state index is 13.6. The number of hydrogen-bond acceptors (Lipinski definition) is 0. The Morgan fingerprint density at radius 3 is 1.53 bits per heavy atom. The minimum absolute atomic E-state index is 0.0293. The smallest absolute Gasteiger partial charge is 0.130 e. The minimum Gasteiger partial charge on any atom is -0.207 e. The van der Waals surface area contributed by atoms with Gasteiger partial charge in [-0.05, 0) is 42.3 Å². The highest BCUT2D eigenvalue weighted by molar-refractivity contribution is 9.08. The third kappa shape index (κ3) is 2.66. The monoisotopic (exact) mass is 332 g/mol. The topological polar surface area (TPSA) is 0 Å². The molecule has 0 heterocycles. The van der Waals surface area contributed by atoms with E-state index in [1.54, 1.807) is 0 Å². The largest absolute Gasteiger partial charge is 0.207 e. The van der Waals surface area contributed by atoms with E-state index in [9.17, 15) is 17.6 Å².